The molecule has 1 unspecified atom stereocenters. The Morgan fingerprint density at radius 3 is 2.77 bits per heavy atom. The Labute approximate surface area is 176 Å². The lowest BCUT2D eigenvalue weighted by molar-refractivity contribution is -0.116. The Morgan fingerprint density at radius 2 is 2.00 bits per heavy atom. The van der Waals surface area contributed by atoms with Gasteiger partial charge in [-0.25, -0.2) is 9.67 Å². The van der Waals surface area contributed by atoms with E-state index in [-0.39, 0.29) is 11.8 Å². The van der Waals surface area contributed by atoms with Crippen molar-refractivity contribution < 1.29 is 4.79 Å². The van der Waals surface area contributed by atoms with Crippen LogP contribution in [0, 0.1) is 0 Å². The number of carbonyl (C=O) groups is 1. The number of carbonyl (C=O) groups excluding carboxylic acids is 1. The second-order valence-corrected chi connectivity index (χ2v) is 7.23. The van der Waals surface area contributed by atoms with Gasteiger partial charge >= 0.3 is 0 Å². The van der Waals surface area contributed by atoms with E-state index in [0.29, 0.717) is 19.5 Å². The molecule has 3 aromatic rings. The molecule has 2 aromatic carbocycles. The minimum atomic E-state index is 0.0553. The maximum absolute atomic E-state index is 12.0. The third-order valence-electron chi connectivity index (χ3n) is 5.09. The summed E-state index contributed by atoms with van der Waals surface area (Å²) in [5.74, 6) is 0.920. The van der Waals surface area contributed by atoms with Crippen molar-refractivity contribution in [3.8, 4) is 5.69 Å². The predicted octanol–water partition coefficient (Wildman–Crippen LogP) is 3.05. The van der Waals surface area contributed by atoms with Crippen molar-refractivity contribution in [3.05, 3.63) is 78.1 Å². The van der Waals surface area contributed by atoms with Crippen molar-refractivity contribution in [2.75, 3.05) is 18.4 Å². The van der Waals surface area contributed by atoms with Crippen LogP contribution in [0.5, 0.6) is 0 Å². The molecule has 0 bridgehead atoms. The maximum Gasteiger partial charge on any atom is 0.225 e. The van der Waals surface area contributed by atoms with Crippen molar-refractivity contribution in [2.45, 2.75) is 25.8 Å². The molecule has 1 amide bonds. The monoisotopic (exact) mass is 402 g/mol. The van der Waals surface area contributed by atoms with Gasteiger partial charge in [-0.2, -0.15) is 5.10 Å². The zero-order valence-corrected chi connectivity index (χ0v) is 17.0. The molecule has 2 heterocycles. The van der Waals surface area contributed by atoms with Crippen molar-refractivity contribution in [2.24, 2.45) is 4.99 Å². The molecule has 3 N–H and O–H groups in total. The molecule has 154 valence electrons. The summed E-state index contributed by atoms with van der Waals surface area (Å²) in [6, 6.07) is 18.1. The van der Waals surface area contributed by atoms with E-state index >= 15 is 0 Å². The summed E-state index contributed by atoms with van der Waals surface area (Å²) in [5.41, 5.74) is 4.20. The molecule has 0 aliphatic carbocycles. The first-order valence-electron chi connectivity index (χ1n) is 10.2. The zero-order chi connectivity index (χ0) is 20.8. The Balaban J connectivity index is 1.40. The Bertz CT molecular complexity index is 1010. The summed E-state index contributed by atoms with van der Waals surface area (Å²) in [4.78, 5) is 16.7. The van der Waals surface area contributed by atoms with E-state index < -0.39 is 0 Å². The molecule has 0 saturated carbocycles. The molecule has 4 rings (SSSR count). The lowest BCUT2D eigenvalue weighted by atomic mass is 9.90. The quantitative estimate of drug-likeness (QED) is 0.437. The highest BCUT2D eigenvalue weighted by atomic mass is 16.1. The fraction of sp³-hybridized carbons (Fsp3) is 0.261. The van der Waals surface area contributed by atoms with Gasteiger partial charge in [0.15, 0.2) is 5.96 Å². The number of benzene rings is 2. The lowest BCUT2D eigenvalue weighted by Crippen LogP contribution is -2.40. The van der Waals surface area contributed by atoms with Crippen LogP contribution in [0.3, 0.4) is 0 Å². The van der Waals surface area contributed by atoms with Gasteiger partial charge < -0.3 is 16.0 Å². The van der Waals surface area contributed by atoms with E-state index in [1.54, 1.807) is 6.20 Å². The van der Waals surface area contributed by atoms with Gasteiger partial charge in [0.25, 0.3) is 0 Å². The minimum absolute atomic E-state index is 0.0553. The van der Waals surface area contributed by atoms with Gasteiger partial charge in [-0.05, 0) is 42.3 Å². The van der Waals surface area contributed by atoms with Crippen LogP contribution in [0.25, 0.3) is 5.69 Å². The molecule has 1 aromatic heterocycles. The highest BCUT2D eigenvalue weighted by Crippen LogP contribution is 2.31. The number of amides is 1. The first kappa shape index (κ1) is 19.7. The molecule has 0 fully saturated rings. The van der Waals surface area contributed by atoms with Gasteiger partial charge in [0.05, 0.1) is 12.2 Å². The van der Waals surface area contributed by atoms with E-state index in [1.807, 2.05) is 54.2 Å². The second kappa shape index (κ2) is 9.26. The van der Waals surface area contributed by atoms with Crippen LogP contribution in [-0.4, -0.2) is 34.7 Å². The van der Waals surface area contributed by atoms with Gasteiger partial charge in [0.1, 0.15) is 0 Å². The smallest absolute Gasteiger partial charge is 0.225 e. The van der Waals surface area contributed by atoms with Crippen LogP contribution in [0.15, 0.2) is 72.0 Å². The Hall–Kier alpha value is -3.61. The number of guanidine groups is 1. The Morgan fingerprint density at radius 1 is 1.17 bits per heavy atom. The number of aromatic nitrogens is 2. The van der Waals surface area contributed by atoms with E-state index in [2.05, 4.69) is 39.2 Å². The van der Waals surface area contributed by atoms with E-state index in [1.165, 1.54) is 0 Å². The van der Waals surface area contributed by atoms with Crippen LogP contribution in [0.4, 0.5) is 5.69 Å². The first-order chi connectivity index (χ1) is 14.7. The molecular formula is C23H26N6O. The number of para-hydroxylation sites is 1. The number of aliphatic imine (C=N–C) groups is 1. The summed E-state index contributed by atoms with van der Waals surface area (Å²) in [5, 5.41) is 13.9. The zero-order valence-electron chi connectivity index (χ0n) is 17.0. The molecule has 0 radical (unpaired) electrons. The van der Waals surface area contributed by atoms with Crippen LogP contribution in [0.1, 0.15) is 30.4 Å². The van der Waals surface area contributed by atoms with Crippen LogP contribution in [0.2, 0.25) is 0 Å². The highest BCUT2D eigenvalue weighted by molar-refractivity contribution is 5.94. The van der Waals surface area contributed by atoms with Gasteiger partial charge in [0.2, 0.25) is 5.91 Å². The van der Waals surface area contributed by atoms with Crippen LogP contribution >= 0.6 is 0 Å². The molecule has 1 aliphatic rings. The molecular weight excluding hydrogens is 376 g/mol. The second-order valence-electron chi connectivity index (χ2n) is 7.23. The van der Waals surface area contributed by atoms with Crippen molar-refractivity contribution in [1.82, 2.24) is 20.4 Å². The number of nitrogens with one attached hydrogen (secondary N) is 3. The lowest BCUT2D eigenvalue weighted by Gasteiger charge is -2.26. The summed E-state index contributed by atoms with van der Waals surface area (Å²) in [6.45, 7) is 4.02. The molecule has 7 nitrogen and oxygen atoms in total. The standard InChI is InChI=1S/C23H26N6O/c1-2-24-23(25-15-17-8-10-19(11-9-17)29-13-5-12-27-29)26-16-18-14-22(30)28-21-7-4-3-6-20(18)21/h3-13,18H,2,14-16H2,1H3,(H,28,30)(H2,24,25,26). The average Bonchev–Trinajstić information content (AvgIpc) is 3.31. The van der Waals surface area contributed by atoms with Crippen LogP contribution < -0.4 is 16.0 Å². The molecule has 1 aliphatic heterocycles. The maximum atomic E-state index is 12.0. The van der Waals surface area contributed by atoms with Gasteiger partial charge in [-0.15, -0.1) is 0 Å². The molecule has 7 heteroatoms. The van der Waals surface area contributed by atoms with Crippen molar-refractivity contribution in [3.63, 3.8) is 0 Å². The van der Waals surface area contributed by atoms with Crippen molar-refractivity contribution >= 4 is 17.6 Å². The number of fused-ring (bicyclic) bond motifs is 1. The predicted molar refractivity (Wildman–Crippen MR) is 119 cm³/mol. The number of nitrogens with zero attached hydrogens (tertiary/aromatic N) is 3. The third kappa shape index (κ3) is 4.68. The first-order valence-corrected chi connectivity index (χ1v) is 10.2. The third-order valence-corrected chi connectivity index (χ3v) is 5.09. The highest BCUT2D eigenvalue weighted by Gasteiger charge is 2.24. The van der Waals surface area contributed by atoms with Gasteiger partial charge in [-0.3, -0.25) is 4.79 Å². The molecule has 30 heavy (non-hydrogen) atoms. The van der Waals surface area contributed by atoms with Gasteiger partial charge in [-0.1, -0.05) is 30.3 Å². The van der Waals surface area contributed by atoms with E-state index in [0.717, 1.165) is 35.0 Å². The summed E-state index contributed by atoms with van der Waals surface area (Å²) in [7, 11) is 0. The fourth-order valence-corrected chi connectivity index (χ4v) is 3.59. The van der Waals surface area contributed by atoms with E-state index in [9.17, 15) is 4.79 Å². The number of hydrogen-bond acceptors (Lipinski definition) is 3. The molecule has 0 spiro atoms. The number of hydrogen-bond donors (Lipinski definition) is 3. The molecule has 1 atom stereocenters. The summed E-state index contributed by atoms with van der Waals surface area (Å²) >= 11 is 0. The van der Waals surface area contributed by atoms with Gasteiger partial charge in [0, 0.05) is 43.5 Å². The summed E-state index contributed by atoms with van der Waals surface area (Å²) < 4.78 is 1.83. The van der Waals surface area contributed by atoms with Crippen molar-refractivity contribution in [1.29, 1.82) is 0 Å². The fourth-order valence-electron chi connectivity index (χ4n) is 3.59. The Kier molecular flexibility index (Phi) is 6.08. The SMILES string of the molecule is CCNC(=NCc1ccc(-n2cccn2)cc1)NCC1CC(=O)Nc2ccccc21. The molecule has 0 saturated heterocycles. The normalized spacial score (nSPS) is 16.0. The van der Waals surface area contributed by atoms with Crippen LogP contribution in [-0.2, 0) is 11.3 Å². The summed E-state index contributed by atoms with van der Waals surface area (Å²) in [6.07, 6.45) is 4.16. The number of rotatable bonds is 6. The number of anilines is 1. The largest absolute Gasteiger partial charge is 0.357 e. The minimum Gasteiger partial charge on any atom is -0.357 e. The topological polar surface area (TPSA) is 83.3 Å². The van der Waals surface area contributed by atoms with E-state index in [4.69, 9.17) is 4.99 Å². The average molecular weight is 403 g/mol.